The zero-order chi connectivity index (χ0) is 13.4. The van der Waals surface area contributed by atoms with E-state index in [1.165, 1.54) is 0 Å². The van der Waals surface area contributed by atoms with Crippen molar-refractivity contribution in [3.8, 4) is 5.75 Å². The molecule has 0 heterocycles. The van der Waals surface area contributed by atoms with Crippen LogP contribution >= 0.6 is 0 Å². The summed E-state index contributed by atoms with van der Waals surface area (Å²) in [6.07, 6.45) is 0. The molecule has 1 aromatic carbocycles. The Morgan fingerprint density at radius 1 is 1.39 bits per heavy atom. The molecule has 0 saturated heterocycles. The average molecular weight is 252 g/mol. The van der Waals surface area contributed by atoms with Crippen molar-refractivity contribution in [1.82, 2.24) is 10.6 Å². The molecule has 0 bridgehead atoms. The van der Waals surface area contributed by atoms with Gasteiger partial charge in [0.05, 0.1) is 6.61 Å². The third-order valence-electron chi connectivity index (χ3n) is 2.18. The van der Waals surface area contributed by atoms with Crippen molar-refractivity contribution in [2.45, 2.75) is 26.4 Å². The number of benzene rings is 1. The van der Waals surface area contributed by atoms with Gasteiger partial charge in [0.1, 0.15) is 12.4 Å². The maximum absolute atomic E-state index is 11.4. The van der Waals surface area contributed by atoms with Crippen molar-refractivity contribution in [3.63, 3.8) is 0 Å². The van der Waals surface area contributed by atoms with E-state index in [0.29, 0.717) is 12.3 Å². The summed E-state index contributed by atoms with van der Waals surface area (Å²) in [6, 6.07) is 7.32. The van der Waals surface area contributed by atoms with Gasteiger partial charge in [-0.2, -0.15) is 0 Å². The van der Waals surface area contributed by atoms with E-state index in [1.54, 1.807) is 0 Å². The van der Waals surface area contributed by atoms with Gasteiger partial charge in [0.15, 0.2) is 0 Å². The van der Waals surface area contributed by atoms with Gasteiger partial charge in [-0.05, 0) is 19.9 Å². The number of nitrogens with one attached hydrogen (secondary N) is 2. The lowest BCUT2D eigenvalue weighted by Crippen LogP contribution is -2.39. The third kappa shape index (κ3) is 5.05. The van der Waals surface area contributed by atoms with Crippen LogP contribution in [0.2, 0.25) is 0 Å². The number of aliphatic hydroxyl groups excluding tert-OH is 1. The molecule has 100 valence electrons. The number of ether oxygens (including phenoxy) is 1. The van der Waals surface area contributed by atoms with Crippen LogP contribution in [0.4, 0.5) is 4.79 Å². The highest BCUT2D eigenvalue weighted by Gasteiger charge is 2.06. The molecule has 0 radical (unpaired) electrons. The first-order chi connectivity index (χ1) is 8.63. The molecule has 0 aromatic heterocycles. The summed E-state index contributed by atoms with van der Waals surface area (Å²) >= 11 is 0. The molecule has 18 heavy (non-hydrogen) atoms. The Morgan fingerprint density at radius 2 is 2.11 bits per heavy atom. The topological polar surface area (TPSA) is 70.6 Å². The molecule has 1 rings (SSSR count). The van der Waals surface area contributed by atoms with Crippen molar-refractivity contribution in [2.24, 2.45) is 0 Å². The van der Waals surface area contributed by atoms with Crippen molar-refractivity contribution in [2.75, 3.05) is 13.2 Å². The summed E-state index contributed by atoms with van der Waals surface area (Å²) in [6.45, 7) is 4.40. The van der Waals surface area contributed by atoms with Crippen molar-refractivity contribution >= 4 is 6.03 Å². The van der Waals surface area contributed by atoms with E-state index in [0.717, 1.165) is 5.56 Å². The SMILES string of the molecule is CC(C)NC(=O)NCc1ccccc1OCCO. The molecular formula is C13H20N2O3. The Labute approximate surface area is 107 Å². The van der Waals surface area contributed by atoms with Gasteiger partial charge in [-0.3, -0.25) is 0 Å². The average Bonchev–Trinajstić information content (AvgIpc) is 2.34. The van der Waals surface area contributed by atoms with Crippen LogP contribution < -0.4 is 15.4 Å². The van der Waals surface area contributed by atoms with E-state index in [1.807, 2.05) is 38.1 Å². The largest absolute Gasteiger partial charge is 0.491 e. The molecule has 0 saturated carbocycles. The van der Waals surface area contributed by atoms with Gasteiger partial charge in [0, 0.05) is 18.2 Å². The quantitative estimate of drug-likeness (QED) is 0.714. The lowest BCUT2D eigenvalue weighted by molar-refractivity contribution is 0.200. The molecule has 0 fully saturated rings. The summed E-state index contributed by atoms with van der Waals surface area (Å²) in [5.41, 5.74) is 0.879. The Hall–Kier alpha value is -1.75. The van der Waals surface area contributed by atoms with E-state index in [4.69, 9.17) is 9.84 Å². The number of aliphatic hydroxyl groups is 1. The molecule has 1 aromatic rings. The molecule has 0 aliphatic heterocycles. The first kappa shape index (κ1) is 14.3. The summed E-state index contributed by atoms with van der Waals surface area (Å²) in [5.74, 6) is 0.677. The molecular weight excluding hydrogens is 232 g/mol. The molecule has 2 amide bonds. The highest BCUT2D eigenvalue weighted by atomic mass is 16.5. The van der Waals surface area contributed by atoms with Gasteiger partial charge in [-0.15, -0.1) is 0 Å². The highest BCUT2D eigenvalue weighted by molar-refractivity contribution is 5.74. The van der Waals surface area contributed by atoms with Crippen LogP contribution in [0, 0.1) is 0 Å². The number of hydrogen-bond acceptors (Lipinski definition) is 3. The number of para-hydroxylation sites is 1. The smallest absolute Gasteiger partial charge is 0.315 e. The van der Waals surface area contributed by atoms with Crippen LogP contribution in [-0.4, -0.2) is 30.4 Å². The molecule has 0 unspecified atom stereocenters. The van der Waals surface area contributed by atoms with Crippen LogP contribution in [0.15, 0.2) is 24.3 Å². The number of carbonyl (C=O) groups is 1. The Kier molecular flexibility index (Phi) is 6.00. The standard InChI is InChI=1S/C13H20N2O3/c1-10(2)15-13(17)14-9-11-5-3-4-6-12(11)18-8-7-16/h3-6,10,16H,7-9H2,1-2H3,(H2,14,15,17). The van der Waals surface area contributed by atoms with E-state index in [9.17, 15) is 4.79 Å². The molecule has 5 nitrogen and oxygen atoms in total. The lowest BCUT2D eigenvalue weighted by Gasteiger charge is -2.13. The maximum Gasteiger partial charge on any atom is 0.315 e. The van der Waals surface area contributed by atoms with Crippen molar-refractivity contribution < 1.29 is 14.6 Å². The van der Waals surface area contributed by atoms with Crippen LogP contribution in [0.5, 0.6) is 5.75 Å². The fourth-order valence-electron chi connectivity index (χ4n) is 1.44. The zero-order valence-electron chi connectivity index (χ0n) is 10.8. The number of urea groups is 1. The second kappa shape index (κ2) is 7.55. The molecule has 0 spiro atoms. The van der Waals surface area contributed by atoms with Crippen LogP contribution in [0.3, 0.4) is 0 Å². The third-order valence-corrected chi connectivity index (χ3v) is 2.18. The van der Waals surface area contributed by atoms with Gasteiger partial charge in [0.25, 0.3) is 0 Å². The van der Waals surface area contributed by atoms with Crippen LogP contribution in [0.1, 0.15) is 19.4 Å². The lowest BCUT2D eigenvalue weighted by atomic mass is 10.2. The molecule has 0 aliphatic rings. The number of rotatable bonds is 6. The Balaban J connectivity index is 2.53. The molecule has 0 aliphatic carbocycles. The zero-order valence-corrected chi connectivity index (χ0v) is 10.8. The van der Waals surface area contributed by atoms with Gasteiger partial charge in [0.2, 0.25) is 0 Å². The minimum absolute atomic E-state index is 0.0321. The normalized spacial score (nSPS) is 10.2. The summed E-state index contributed by atoms with van der Waals surface area (Å²) in [5, 5.41) is 14.2. The number of amides is 2. The minimum atomic E-state index is -0.207. The van der Waals surface area contributed by atoms with Gasteiger partial charge in [-0.1, -0.05) is 18.2 Å². The van der Waals surface area contributed by atoms with E-state index < -0.39 is 0 Å². The van der Waals surface area contributed by atoms with Crippen molar-refractivity contribution in [1.29, 1.82) is 0 Å². The predicted octanol–water partition coefficient (Wildman–Crippen LogP) is 1.27. The summed E-state index contributed by atoms with van der Waals surface area (Å²) in [7, 11) is 0. The maximum atomic E-state index is 11.4. The monoisotopic (exact) mass is 252 g/mol. The summed E-state index contributed by atoms with van der Waals surface area (Å²) in [4.78, 5) is 11.4. The van der Waals surface area contributed by atoms with Crippen molar-refractivity contribution in [3.05, 3.63) is 29.8 Å². The number of carbonyl (C=O) groups excluding carboxylic acids is 1. The van der Waals surface area contributed by atoms with Crippen LogP contribution in [-0.2, 0) is 6.54 Å². The Morgan fingerprint density at radius 3 is 2.78 bits per heavy atom. The summed E-state index contributed by atoms with van der Waals surface area (Å²) < 4.78 is 5.38. The number of hydrogen-bond donors (Lipinski definition) is 3. The van der Waals surface area contributed by atoms with E-state index >= 15 is 0 Å². The first-order valence-electron chi connectivity index (χ1n) is 5.99. The van der Waals surface area contributed by atoms with Gasteiger partial charge < -0.3 is 20.5 Å². The minimum Gasteiger partial charge on any atom is -0.491 e. The molecule has 0 atom stereocenters. The van der Waals surface area contributed by atoms with Crippen LogP contribution in [0.25, 0.3) is 0 Å². The highest BCUT2D eigenvalue weighted by Crippen LogP contribution is 2.17. The van der Waals surface area contributed by atoms with Gasteiger partial charge in [-0.25, -0.2) is 4.79 Å². The van der Waals surface area contributed by atoms with E-state index in [2.05, 4.69) is 10.6 Å². The first-order valence-corrected chi connectivity index (χ1v) is 5.99. The van der Waals surface area contributed by atoms with E-state index in [-0.39, 0.29) is 25.3 Å². The second-order valence-corrected chi connectivity index (χ2v) is 4.16. The fraction of sp³-hybridized carbons (Fsp3) is 0.462. The van der Waals surface area contributed by atoms with Gasteiger partial charge >= 0.3 is 6.03 Å². The fourth-order valence-corrected chi connectivity index (χ4v) is 1.44. The molecule has 3 N–H and O–H groups in total. The second-order valence-electron chi connectivity index (χ2n) is 4.16. The molecule has 5 heteroatoms. The predicted molar refractivity (Wildman–Crippen MR) is 69.5 cm³/mol. The Bertz CT molecular complexity index is 380.